The van der Waals surface area contributed by atoms with Gasteiger partial charge in [-0.1, -0.05) is 67.9 Å². The molecule has 0 bridgehead atoms. The molecule has 1 fully saturated rings. The summed E-state index contributed by atoms with van der Waals surface area (Å²) in [5, 5.41) is 2.65. The van der Waals surface area contributed by atoms with Crippen LogP contribution in [0.25, 0.3) is 10.8 Å². The van der Waals surface area contributed by atoms with Gasteiger partial charge in [-0.25, -0.2) is 4.79 Å². The zero-order chi connectivity index (χ0) is 30.5. The topological polar surface area (TPSA) is 94.1 Å². The van der Waals surface area contributed by atoms with E-state index in [2.05, 4.69) is 53.1 Å². The third-order valence-corrected chi connectivity index (χ3v) is 8.94. The molecule has 1 atom stereocenters. The van der Waals surface area contributed by atoms with Crippen molar-refractivity contribution < 1.29 is 18.8 Å². The molecule has 3 heterocycles. The average molecular weight is 614 g/mol. The van der Waals surface area contributed by atoms with Gasteiger partial charge in [-0.15, -0.1) is 0 Å². The fraction of sp³-hybridized carbons (Fsp3) is 0.382. The monoisotopic (exact) mass is 613 g/mol. The van der Waals surface area contributed by atoms with E-state index in [4.69, 9.17) is 19.4 Å². The first-order valence-corrected chi connectivity index (χ1v) is 16.9. The van der Waals surface area contributed by atoms with Gasteiger partial charge in [0.1, 0.15) is 24.4 Å². The predicted octanol–water partition coefficient (Wildman–Crippen LogP) is 5.57. The number of carbonyl (C=O) groups is 1. The number of nitrogens with zero attached hydrogens (tertiary/aromatic N) is 5. The van der Waals surface area contributed by atoms with Crippen LogP contribution in [0.1, 0.15) is 36.6 Å². The molecular formula is C34H39N5O4S. The van der Waals surface area contributed by atoms with Crippen molar-refractivity contribution in [2.45, 2.75) is 44.5 Å². The van der Waals surface area contributed by atoms with Crippen LogP contribution in [0.3, 0.4) is 0 Å². The molecular weight excluding hydrogens is 574 g/mol. The van der Waals surface area contributed by atoms with E-state index in [1.807, 2.05) is 30.3 Å². The molecule has 230 valence electrons. The highest BCUT2D eigenvalue weighted by Crippen LogP contribution is 2.36. The number of ether oxygens (including phenoxy) is 2. The molecule has 0 aliphatic carbocycles. The summed E-state index contributed by atoms with van der Waals surface area (Å²) in [5.74, 6) is 1.70. The number of benzene rings is 3. The second-order valence-corrected chi connectivity index (χ2v) is 12.5. The summed E-state index contributed by atoms with van der Waals surface area (Å²) in [6, 6.07) is 22.3. The Hall–Kier alpha value is -4.02. The van der Waals surface area contributed by atoms with Gasteiger partial charge < -0.3 is 28.7 Å². The average Bonchev–Trinajstić information content (AvgIpc) is 3.06. The minimum atomic E-state index is -1.34. The summed E-state index contributed by atoms with van der Waals surface area (Å²) >= 11 is -1.34. The van der Waals surface area contributed by atoms with Gasteiger partial charge in [-0.05, 0) is 29.9 Å². The molecule has 4 aromatic rings. The number of carbonyl (C=O) groups excluding carboxylic acids is 1. The number of aromatic nitrogens is 2. The first-order chi connectivity index (χ1) is 21.5. The van der Waals surface area contributed by atoms with Gasteiger partial charge >= 0.3 is 11.2 Å². The maximum atomic E-state index is 12.8. The Morgan fingerprint density at radius 2 is 1.73 bits per heavy atom. The van der Waals surface area contributed by atoms with Crippen molar-refractivity contribution in [1.82, 2.24) is 14.9 Å². The van der Waals surface area contributed by atoms with E-state index in [0.717, 1.165) is 65.3 Å². The van der Waals surface area contributed by atoms with E-state index in [1.54, 1.807) is 11.2 Å². The zero-order valence-electron chi connectivity index (χ0n) is 25.4. The molecule has 1 amide bonds. The molecule has 10 heteroatoms. The number of hydrogen-bond donors (Lipinski definition) is 0. The highest BCUT2D eigenvalue weighted by molar-refractivity contribution is 7.90. The number of rotatable bonds is 9. The lowest BCUT2D eigenvalue weighted by Gasteiger charge is -2.37. The summed E-state index contributed by atoms with van der Waals surface area (Å²) in [6.45, 7) is 6.78. The number of amides is 1. The lowest BCUT2D eigenvalue weighted by Crippen LogP contribution is -2.49. The fourth-order valence-electron chi connectivity index (χ4n) is 5.84. The molecule has 6 rings (SSSR count). The molecule has 0 radical (unpaired) electrons. The number of hydrogen-bond acceptors (Lipinski definition) is 8. The van der Waals surface area contributed by atoms with Gasteiger partial charge in [0.05, 0.1) is 18.8 Å². The minimum Gasteiger partial charge on any atom is -0.609 e. The SMILES string of the molecule is CCCCOc1cc(N2CCc3c(nc([S+](C)[O-])nc3N3CCN(C(=O)OCc4ccccc4)CC3)C2)c2ccccc2c1. The van der Waals surface area contributed by atoms with E-state index in [-0.39, 0.29) is 12.7 Å². The van der Waals surface area contributed by atoms with Gasteiger partial charge in [0, 0.05) is 66.6 Å². The summed E-state index contributed by atoms with van der Waals surface area (Å²) in [6.07, 6.45) is 4.17. The van der Waals surface area contributed by atoms with E-state index in [9.17, 15) is 9.35 Å². The first kappa shape index (κ1) is 30.0. The molecule has 2 aliphatic heterocycles. The number of anilines is 2. The Kier molecular flexibility index (Phi) is 9.37. The Labute approximate surface area is 262 Å². The maximum Gasteiger partial charge on any atom is 0.410 e. The number of piperazine rings is 1. The lowest BCUT2D eigenvalue weighted by molar-refractivity contribution is 0.0941. The van der Waals surface area contributed by atoms with Crippen molar-refractivity contribution in [2.24, 2.45) is 0 Å². The van der Waals surface area contributed by atoms with Crippen LogP contribution in [0.4, 0.5) is 16.3 Å². The van der Waals surface area contributed by atoms with E-state index >= 15 is 0 Å². The van der Waals surface area contributed by atoms with Crippen LogP contribution < -0.4 is 14.5 Å². The van der Waals surface area contributed by atoms with Gasteiger partial charge in [0.15, 0.2) is 0 Å². The lowest BCUT2D eigenvalue weighted by atomic mass is 10.0. The molecule has 2 aliphatic rings. The van der Waals surface area contributed by atoms with E-state index in [1.165, 1.54) is 5.39 Å². The largest absolute Gasteiger partial charge is 0.609 e. The molecule has 44 heavy (non-hydrogen) atoms. The predicted molar refractivity (Wildman–Crippen MR) is 174 cm³/mol. The van der Waals surface area contributed by atoms with Crippen LogP contribution in [0, 0.1) is 0 Å². The van der Waals surface area contributed by atoms with Crippen molar-refractivity contribution in [3.05, 3.63) is 83.6 Å². The second kappa shape index (κ2) is 13.7. The third kappa shape index (κ3) is 6.71. The molecule has 1 unspecified atom stereocenters. The fourth-order valence-corrected chi connectivity index (χ4v) is 6.29. The Bertz CT molecular complexity index is 1590. The minimum absolute atomic E-state index is 0.255. The quantitative estimate of drug-likeness (QED) is 0.138. The van der Waals surface area contributed by atoms with Crippen molar-refractivity contribution >= 4 is 39.5 Å². The summed E-state index contributed by atoms with van der Waals surface area (Å²) in [5.41, 5.74) is 4.07. The normalized spacial score (nSPS) is 15.7. The first-order valence-electron chi connectivity index (χ1n) is 15.3. The van der Waals surface area contributed by atoms with Crippen molar-refractivity contribution in [3.63, 3.8) is 0 Å². The highest BCUT2D eigenvalue weighted by atomic mass is 32.2. The van der Waals surface area contributed by atoms with Gasteiger partial charge in [-0.2, -0.15) is 9.97 Å². The Morgan fingerprint density at radius 3 is 2.50 bits per heavy atom. The van der Waals surface area contributed by atoms with Crippen LogP contribution in [0.15, 0.2) is 71.9 Å². The van der Waals surface area contributed by atoms with Crippen LogP contribution in [0.5, 0.6) is 5.75 Å². The molecule has 3 aromatic carbocycles. The second-order valence-electron chi connectivity index (χ2n) is 11.3. The summed E-state index contributed by atoms with van der Waals surface area (Å²) in [4.78, 5) is 28.7. The maximum absolute atomic E-state index is 12.8. The Balaban J connectivity index is 1.20. The van der Waals surface area contributed by atoms with Crippen molar-refractivity contribution in [1.29, 1.82) is 0 Å². The van der Waals surface area contributed by atoms with Gasteiger partial charge in [0.25, 0.3) is 0 Å². The zero-order valence-corrected chi connectivity index (χ0v) is 26.2. The van der Waals surface area contributed by atoms with Gasteiger partial charge in [0.2, 0.25) is 0 Å². The molecule has 0 spiro atoms. The van der Waals surface area contributed by atoms with Crippen LogP contribution >= 0.6 is 0 Å². The molecule has 0 saturated carbocycles. The third-order valence-electron chi connectivity index (χ3n) is 8.24. The number of fused-ring (bicyclic) bond motifs is 2. The molecule has 1 saturated heterocycles. The van der Waals surface area contributed by atoms with Crippen LogP contribution in [0.2, 0.25) is 0 Å². The van der Waals surface area contributed by atoms with Crippen LogP contribution in [-0.4, -0.2) is 71.1 Å². The highest BCUT2D eigenvalue weighted by Gasteiger charge is 2.31. The smallest absolute Gasteiger partial charge is 0.410 e. The Morgan fingerprint density at radius 1 is 0.955 bits per heavy atom. The molecule has 9 nitrogen and oxygen atoms in total. The van der Waals surface area contributed by atoms with E-state index in [0.29, 0.717) is 44.5 Å². The summed E-state index contributed by atoms with van der Waals surface area (Å²) < 4.78 is 24.4. The van der Waals surface area contributed by atoms with E-state index < -0.39 is 11.2 Å². The van der Waals surface area contributed by atoms with Crippen molar-refractivity contribution in [2.75, 3.05) is 55.4 Å². The molecule has 0 N–H and O–H groups in total. The van der Waals surface area contributed by atoms with Gasteiger partial charge in [-0.3, -0.25) is 0 Å². The standard InChI is InChI=1S/C34H39N5O4S/c1-3-4-20-42-27-21-26-12-8-9-13-28(26)31(22-27)39-15-14-29-30(23-39)35-33(44(2)41)36-32(29)37-16-18-38(19-17-37)34(40)43-24-25-10-6-5-7-11-25/h5-13,21-22H,3-4,14-20,23-24H2,1-2H3. The number of unbranched alkanes of at least 4 members (excludes halogenated alkanes) is 1. The van der Waals surface area contributed by atoms with Crippen molar-refractivity contribution in [3.8, 4) is 5.75 Å². The van der Waals surface area contributed by atoms with Crippen LogP contribution in [-0.2, 0) is 35.5 Å². The molecule has 1 aromatic heterocycles. The summed E-state index contributed by atoms with van der Waals surface area (Å²) in [7, 11) is 0.